The van der Waals surface area contributed by atoms with Crippen LogP contribution in [-0.2, 0) is 9.47 Å². The van der Waals surface area contributed by atoms with Gasteiger partial charge in [0, 0.05) is 13.7 Å². The van der Waals surface area contributed by atoms with Gasteiger partial charge in [-0.05, 0) is 39.3 Å². The van der Waals surface area contributed by atoms with Crippen LogP contribution in [0.1, 0.15) is 45.2 Å². The van der Waals surface area contributed by atoms with Gasteiger partial charge in [0.05, 0.1) is 17.7 Å². The number of methoxy groups -OCH3 is 1. The number of hydrogen-bond donors (Lipinski definition) is 1. The summed E-state index contributed by atoms with van der Waals surface area (Å²) in [5.41, 5.74) is 1.15. The first-order valence-corrected chi connectivity index (χ1v) is 7.43. The molecule has 2 unspecified atom stereocenters. The molecule has 0 fully saturated rings. The van der Waals surface area contributed by atoms with Crippen molar-refractivity contribution in [3.63, 3.8) is 0 Å². The molecule has 0 radical (unpaired) electrons. The van der Waals surface area contributed by atoms with E-state index >= 15 is 0 Å². The Morgan fingerprint density at radius 2 is 1.85 bits per heavy atom. The molecule has 0 saturated heterocycles. The number of benzene rings is 1. The van der Waals surface area contributed by atoms with E-state index in [2.05, 4.69) is 50.4 Å². The van der Waals surface area contributed by atoms with E-state index in [1.165, 1.54) is 5.56 Å². The fraction of sp³-hybridized carbons (Fsp3) is 0.647. The number of rotatable bonds is 9. The van der Waals surface area contributed by atoms with Crippen LogP contribution in [0.15, 0.2) is 30.3 Å². The molecular weight excluding hydrogens is 250 g/mol. The lowest BCUT2D eigenvalue weighted by Crippen LogP contribution is -2.33. The third-order valence-electron chi connectivity index (χ3n) is 3.83. The molecule has 0 aromatic heterocycles. The molecule has 0 bridgehead atoms. The van der Waals surface area contributed by atoms with Crippen LogP contribution in [0.5, 0.6) is 0 Å². The van der Waals surface area contributed by atoms with Crippen LogP contribution in [0, 0.1) is 0 Å². The first kappa shape index (κ1) is 17.2. The van der Waals surface area contributed by atoms with Crippen molar-refractivity contribution >= 4 is 0 Å². The van der Waals surface area contributed by atoms with E-state index in [-0.39, 0.29) is 17.7 Å². The number of ether oxygens (including phenoxy) is 2. The van der Waals surface area contributed by atoms with Crippen LogP contribution in [0.3, 0.4) is 0 Å². The Morgan fingerprint density at radius 1 is 1.20 bits per heavy atom. The summed E-state index contributed by atoms with van der Waals surface area (Å²) in [4.78, 5) is 0. The molecule has 1 aromatic rings. The van der Waals surface area contributed by atoms with E-state index in [4.69, 9.17) is 9.47 Å². The standard InChI is InChI=1S/C17H29NO2/c1-6-15(20-13-12-17(2,3)19-5)16(18-4)14-10-8-7-9-11-14/h7-11,15-16,18H,6,12-13H2,1-5H3. The van der Waals surface area contributed by atoms with Crippen molar-refractivity contribution in [3.05, 3.63) is 35.9 Å². The van der Waals surface area contributed by atoms with Gasteiger partial charge in [0.25, 0.3) is 0 Å². The molecule has 1 aromatic carbocycles. The molecule has 1 N–H and O–H groups in total. The van der Waals surface area contributed by atoms with Gasteiger partial charge in [-0.2, -0.15) is 0 Å². The summed E-state index contributed by atoms with van der Waals surface area (Å²) in [5, 5.41) is 3.37. The van der Waals surface area contributed by atoms with Crippen molar-refractivity contribution in [1.82, 2.24) is 5.32 Å². The molecule has 3 heteroatoms. The molecule has 0 aliphatic rings. The monoisotopic (exact) mass is 279 g/mol. The van der Waals surface area contributed by atoms with Crippen molar-refractivity contribution in [2.75, 3.05) is 20.8 Å². The maximum Gasteiger partial charge on any atom is 0.0767 e. The molecule has 114 valence electrons. The average molecular weight is 279 g/mol. The first-order valence-electron chi connectivity index (χ1n) is 7.43. The molecule has 2 atom stereocenters. The predicted molar refractivity (Wildman–Crippen MR) is 84.0 cm³/mol. The first-order chi connectivity index (χ1) is 9.54. The van der Waals surface area contributed by atoms with E-state index in [0.29, 0.717) is 6.61 Å². The minimum absolute atomic E-state index is 0.125. The zero-order valence-corrected chi connectivity index (χ0v) is 13.5. The average Bonchev–Trinajstić information content (AvgIpc) is 2.47. The molecule has 0 heterocycles. The van der Waals surface area contributed by atoms with Crippen LogP contribution < -0.4 is 5.32 Å². The lowest BCUT2D eigenvalue weighted by Gasteiger charge is -2.29. The molecular formula is C17H29NO2. The summed E-state index contributed by atoms with van der Waals surface area (Å²) >= 11 is 0. The van der Waals surface area contributed by atoms with E-state index in [1.807, 2.05) is 13.1 Å². The summed E-state index contributed by atoms with van der Waals surface area (Å²) in [6, 6.07) is 10.7. The summed E-state index contributed by atoms with van der Waals surface area (Å²) in [7, 11) is 3.74. The van der Waals surface area contributed by atoms with E-state index in [0.717, 1.165) is 12.8 Å². The maximum absolute atomic E-state index is 6.09. The second kappa shape index (κ2) is 8.40. The lowest BCUT2D eigenvalue weighted by atomic mass is 9.99. The van der Waals surface area contributed by atoms with Crippen molar-refractivity contribution in [2.45, 2.75) is 51.4 Å². The van der Waals surface area contributed by atoms with Gasteiger partial charge in [0.15, 0.2) is 0 Å². The molecule has 0 spiro atoms. The smallest absolute Gasteiger partial charge is 0.0767 e. The second-order valence-electron chi connectivity index (χ2n) is 5.71. The highest BCUT2D eigenvalue weighted by Gasteiger charge is 2.22. The van der Waals surface area contributed by atoms with Crippen LogP contribution in [-0.4, -0.2) is 32.5 Å². The van der Waals surface area contributed by atoms with Gasteiger partial charge in [-0.25, -0.2) is 0 Å². The minimum Gasteiger partial charge on any atom is -0.379 e. The maximum atomic E-state index is 6.09. The quantitative estimate of drug-likeness (QED) is 0.750. The van der Waals surface area contributed by atoms with Crippen molar-refractivity contribution in [3.8, 4) is 0 Å². The molecule has 3 nitrogen and oxygen atoms in total. The molecule has 0 aliphatic heterocycles. The molecule has 1 rings (SSSR count). The van der Waals surface area contributed by atoms with Gasteiger partial charge in [-0.3, -0.25) is 0 Å². The highest BCUT2D eigenvalue weighted by Crippen LogP contribution is 2.22. The Kier molecular flexibility index (Phi) is 7.20. The fourth-order valence-electron chi connectivity index (χ4n) is 2.24. The molecule has 0 aliphatic carbocycles. The number of nitrogens with one attached hydrogen (secondary N) is 1. The largest absolute Gasteiger partial charge is 0.379 e. The van der Waals surface area contributed by atoms with Crippen LogP contribution in [0.2, 0.25) is 0 Å². The SMILES string of the molecule is CCC(OCCC(C)(C)OC)C(NC)c1ccccc1. The Bertz CT molecular complexity index is 365. The Hall–Kier alpha value is -0.900. The minimum atomic E-state index is -0.125. The zero-order valence-electron chi connectivity index (χ0n) is 13.5. The van der Waals surface area contributed by atoms with Gasteiger partial charge in [-0.15, -0.1) is 0 Å². The van der Waals surface area contributed by atoms with Gasteiger partial charge >= 0.3 is 0 Å². The van der Waals surface area contributed by atoms with Crippen LogP contribution >= 0.6 is 0 Å². The number of hydrogen-bond acceptors (Lipinski definition) is 3. The highest BCUT2D eigenvalue weighted by atomic mass is 16.5. The third-order valence-corrected chi connectivity index (χ3v) is 3.83. The predicted octanol–water partition coefficient (Wildman–Crippen LogP) is 3.56. The van der Waals surface area contributed by atoms with Gasteiger partial charge in [-0.1, -0.05) is 37.3 Å². The lowest BCUT2D eigenvalue weighted by molar-refractivity contribution is -0.0355. The second-order valence-corrected chi connectivity index (χ2v) is 5.71. The normalized spacial score (nSPS) is 15.1. The Morgan fingerprint density at radius 3 is 2.35 bits per heavy atom. The zero-order chi connectivity index (χ0) is 15.0. The highest BCUT2D eigenvalue weighted by molar-refractivity contribution is 5.20. The van der Waals surface area contributed by atoms with Crippen LogP contribution in [0.4, 0.5) is 0 Å². The van der Waals surface area contributed by atoms with Gasteiger partial charge in [0.1, 0.15) is 0 Å². The summed E-state index contributed by atoms with van der Waals surface area (Å²) < 4.78 is 11.5. The number of likely N-dealkylation sites (N-methyl/N-ethyl adjacent to an activating group) is 1. The van der Waals surface area contributed by atoms with Crippen molar-refractivity contribution < 1.29 is 9.47 Å². The van der Waals surface area contributed by atoms with E-state index in [9.17, 15) is 0 Å². The molecule has 20 heavy (non-hydrogen) atoms. The topological polar surface area (TPSA) is 30.5 Å². The third kappa shape index (κ3) is 5.23. The van der Waals surface area contributed by atoms with Crippen molar-refractivity contribution in [2.24, 2.45) is 0 Å². The van der Waals surface area contributed by atoms with E-state index < -0.39 is 0 Å². The summed E-state index contributed by atoms with van der Waals surface area (Å²) in [6.45, 7) is 7.05. The summed E-state index contributed by atoms with van der Waals surface area (Å²) in [6.07, 6.45) is 2.05. The summed E-state index contributed by atoms with van der Waals surface area (Å²) in [5.74, 6) is 0. The van der Waals surface area contributed by atoms with Crippen molar-refractivity contribution in [1.29, 1.82) is 0 Å². The fourth-order valence-corrected chi connectivity index (χ4v) is 2.24. The Balaban J connectivity index is 2.60. The molecule has 0 amide bonds. The Labute approximate surface area is 123 Å². The van der Waals surface area contributed by atoms with Gasteiger partial charge < -0.3 is 14.8 Å². The van der Waals surface area contributed by atoms with Crippen LogP contribution in [0.25, 0.3) is 0 Å². The van der Waals surface area contributed by atoms with E-state index in [1.54, 1.807) is 7.11 Å². The van der Waals surface area contributed by atoms with Gasteiger partial charge in [0.2, 0.25) is 0 Å². The molecule has 0 saturated carbocycles.